The third kappa shape index (κ3) is 5.10. The van der Waals surface area contributed by atoms with Crippen LogP contribution in [0.15, 0.2) is 42.5 Å². The lowest BCUT2D eigenvalue weighted by Gasteiger charge is -2.18. The van der Waals surface area contributed by atoms with Crippen LogP contribution in [0.5, 0.6) is 0 Å². The van der Waals surface area contributed by atoms with Gasteiger partial charge in [-0.1, -0.05) is 17.7 Å². The highest BCUT2D eigenvalue weighted by Crippen LogP contribution is 2.25. The number of fused-ring (bicyclic) bond motifs is 1. The molecule has 3 amide bonds. The predicted octanol–water partition coefficient (Wildman–Crippen LogP) is 2.83. The summed E-state index contributed by atoms with van der Waals surface area (Å²) in [7, 11) is 0. The maximum atomic E-state index is 12.7. The maximum Gasteiger partial charge on any atom is 0.251 e. The third-order valence-electron chi connectivity index (χ3n) is 4.77. The summed E-state index contributed by atoms with van der Waals surface area (Å²) < 4.78 is 0. The minimum atomic E-state index is -0.885. The molecule has 28 heavy (non-hydrogen) atoms. The Kier molecular flexibility index (Phi) is 6.31. The molecule has 0 saturated carbocycles. The van der Waals surface area contributed by atoms with E-state index < -0.39 is 17.9 Å². The van der Waals surface area contributed by atoms with E-state index in [1.807, 2.05) is 18.2 Å². The van der Waals surface area contributed by atoms with Crippen molar-refractivity contribution < 1.29 is 14.4 Å². The lowest BCUT2D eigenvalue weighted by atomic mass is 10.1. The van der Waals surface area contributed by atoms with Crippen molar-refractivity contribution >= 4 is 35.0 Å². The molecule has 0 aromatic heterocycles. The van der Waals surface area contributed by atoms with Gasteiger partial charge in [0.25, 0.3) is 5.91 Å². The number of hydrogen-bond donors (Lipinski definition) is 3. The molecule has 2 aromatic carbocycles. The van der Waals surface area contributed by atoms with Gasteiger partial charge in [-0.05, 0) is 73.2 Å². The van der Waals surface area contributed by atoms with Crippen LogP contribution in [-0.2, 0) is 22.4 Å². The Labute approximate surface area is 168 Å². The summed E-state index contributed by atoms with van der Waals surface area (Å²) >= 11 is 5.84. The average Bonchev–Trinajstić information content (AvgIpc) is 3.13. The number of nitrogens with two attached hydrogens (primary N) is 1. The number of halogens is 1. The van der Waals surface area contributed by atoms with E-state index in [-0.39, 0.29) is 18.7 Å². The summed E-state index contributed by atoms with van der Waals surface area (Å²) in [4.78, 5) is 36.4. The number of benzene rings is 2. The number of primary amides is 1. The Morgan fingerprint density at radius 1 is 1.04 bits per heavy atom. The van der Waals surface area contributed by atoms with Crippen LogP contribution in [0.2, 0.25) is 5.02 Å². The molecular weight excluding hydrogens is 378 g/mol. The van der Waals surface area contributed by atoms with Gasteiger partial charge in [0.2, 0.25) is 11.8 Å². The smallest absolute Gasteiger partial charge is 0.251 e. The predicted molar refractivity (Wildman–Crippen MR) is 108 cm³/mol. The first-order valence-corrected chi connectivity index (χ1v) is 9.57. The molecule has 1 aliphatic rings. The van der Waals surface area contributed by atoms with Gasteiger partial charge in [-0.15, -0.1) is 0 Å². The van der Waals surface area contributed by atoms with Gasteiger partial charge in [-0.25, -0.2) is 0 Å². The van der Waals surface area contributed by atoms with E-state index in [9.17, 15) is 14.4 Å². The zero-order valence-electron chi connectivity index (χ0n) is 15.3. The number of carbonyl (C=O) groups is 3. The number of anilines is 1. The first-order chi connectivity index (χ1) is 13.4. The summed E-state index contributed by atoms with van der Waals surface area (Å²) in [6.07, 6.45) is 3.28. The van der Waals surface area contributed by atoms with Crippen LogP contribution in [0.1, 0.15) is 40.7 Å². The molecule has 2 aromatic rings. The van der Waals surface area contributed by atoms with Gasteiger partial charge < -0.3 is 16.4 Å². The molecule has 0 unspecified atom stereocenters. The number of nitrogens with one attached hydrogen (secondary N) is 2. The number of carbonyl (C=O) groups excluding carboxylic acids is 3. The van der Waals surface area contributed by atoms with Crippen molar-refractivity contribution in [1.82, 2.24) is 5.32 Å². The summed E-state index contributed by atoms with van der Waals surface area (Å²) in [6, 6.07) is 11.3. The van der Waals surface area contributed by atoms with Gasteiger partial charge in [0.05, 0.1) is 0 Å². The van der Waals surface area contributed by atoms with Gasteiger partial charge in [0, 0.05) is 22.7 Å². The van der Waals surface area contributed by atoms with Gasteiger partial charge in [0.15, 0.2) is 0 Å². The van der Waals surface area contributed by atoms with Crippen LogP contribution in [0.3, 0.4) is 0 Å². The molecule has 6 nitrogen and oxygen atoms in total. The van der Waals surface area contributed by atoms with Gasteiger partial charge in [-0.3, -0.25) is 14.4 Å². The SMILES string of the molecule is NC(=O)CC[C@@H](NC(=O)c1ccc(Cl)cc1)C(=O)Nc1ccc2c(c1)CCC2. The first-order valence-electron chi connectivity index (χ1n) is 9.20. The van der Waals surface area contributed by atoms with E-state index in [0.717, 1.165) is 19.3 Å². The summed E-state index contributed by atoms with van der Waals surface area (Å²) in [5, 5.41) is 6.02. The minimum absolute atomic E-state index is 0.0107. The maximum absolute atomic E-state index is 12.7. The van der Waals surface area contributed by atoms with Crippen LogP contribution >= 0.6 is 11.6 Å². The zero-order valence-corrected chi connectivity index (χ0v) is 16.1. The molecule has 0 spiro atoms. The number of amides is 3. The van der Waals surface area contributed by atoms with Gasteiger partial charge in [-0.2, -0.15) is 0 Å². The van der Waals surface area contributed by atoms with Crippen molar-refractivity contribution in [3.63, 3.8) is 0 Å². The van der Waals surface area contributed by atoms with Crippen LogP contribution in [0.25, 0.3) is 0 Å². The summed E-state index contributed by atoms with van der Waals surface area (Å²) in [6.45, 7) is 0. The van der Waals surface area contributed by atoms with Crippen molar-refractivity contribution in [3.8, 4) is 0 Å². The van der Waals surface area contributed by atoms with Crippen LogP contribution in [0, 0.1) is 0 Å². The van der Waals surface area contributed by atoms with E-state index in [1.54, 1.807) is 24.3 Å². The Morgan fingerprint density at radius 2 is 1.75 bits per heavy atom. The molecule has 0 bridgehead atoms. The van der Waals surface area contributed by atoms with E-state index >= 15 is 0 Å². The fraction of sp³-hybridized carbons (Fsp3) is 0.286. The largest absolute Gasteiger partial charge is 0.370 e. The van der Waals surface area contributed by atoms with Crippen molar-refractivity contribution in [1.29, 1.82) is 0 Å². The number of hydrogen-bond acceptors (Lipinski definition) is 3. The molecule has 0 fully saturated rings. The molecule has 0 heterocycles. The second-order valence-corrected chi connectivity index (χ2v) is 7.30. The Balaban J connectivity index is 1.70. The Morgan fingerprint density at radius 3 is 2.46 bits per heavy atom. The van der Waals surface area contributed by atoms with Gasteiger partial charge in [0.1, 0.15) is 6.04 Å². The molecule has 0 aliphatic heterocycles. The molecule has 0 saturated heterocycles. The highest BCUT2D eigenvalue weighted by atomic mass is 35.5. The average molecular weight is 400 g/mol. The topological polar surface area (TPSA) is 101 Å². The van der Waals surface area contributed by atoms with Crippen molar-refractivity contribution in [2.45, 2.75) is 38.1 Å². The van der Waals surface area contributed by atoms with Crippen LogP contribution in [0.4, 0.5) is 5.69 Å². The molecule has 0 radical (unpaired) electrons. The van der Waals surface area contributed by atoms with Crippen molar-refractivity contribution in [3.05, 3.63) is 64.2 Å². The monoisotopic (exact) mass is 399 g/mol. The van der Waals surface area contributed by atoms with Crippen LogP contribution in [-0.4, -0.2) is 23.8 Å². The Bertz CT molecular complexity index is 896. The molecule has 7 heteroatoms. The van der Waals surface area contributed by atoms with E-state index in [2.05, 4.69) is 10.6 Å². The molecule has 1 atom stereocenters. The molecule has 4 N–H and O–H groups in total. The normalized spacial score (nSPS) is 13.5. The third-order valence-corrected chi connectivity index (χ3v) is 5.03. The van der Waals surface area contributed by atoms with Crippen LogP contribution < -0.4 is 16.4 Å². The quantitative estimate of drug-likeness (QED) is 0.667. The molecule has 1 aliphatic carbocycles. The second kappa shape index (κ2) is 8.89. The van der Waals surface area contributed by atoms with Crippen molar-refractivity contribution in [2.24, 2.45) is 5.73 Å². The molecular formula is C21H22ClN3O3. The zero-order chi connectivity index (χ0) is 20.1. The van der Waals surface area contributed by atoms with E-state index in [4.69, 9.17) is 17.3 Å². The summed E-state index contributed by atoms with van der Waals surface area (Å²) in [5.41, 5.74) is 8.80. The molecule has 146 valence electrons. The van der Waals surface area contributed by atoms with E-state index in [0.29, 0.717) is 16.3 Å². The fourth-order valence-electron chi connectivity index (χ4n) is 3.28. The van der Waals surface area contributed by atoms with Gasteiger partial charge >= 0.3 is 0 Å². The lowest BCUT2D eigenvalue weighted by molar-refractivity contribution is -0.119. The standard InChI is InChI=1S/C21H22ClN3O3/c22-16-7-4-14(5-8-16)20(27)25-18(10-11-19(23)26)21(28)24-17-9-6-13-2-1-3-15(13)12-17/h4-9,12,18H,1-3,10-11H2,(H2,23,26)(H,24,28)(H,25,27)/t18-/m1/s1. The van der Waals surface area contributed by atoms with E-state index in [1.165, 1.54) is 11.1 Å². The van der Waals surface area contributed by atoms with Crippen molar-refractivity contribution in [2.75, 3.05) is 5.32 Å². The first kappa shape index (κ1) is 19.9. The molecule has 3 rings (SSSR count). The highest BCUT2D eigenvalue weighted by Gasteiger charge is 2.23. The minimum Gasteiger partial charge on any atom is -0.370 e. The second-order valence-electron chi connectivity index (χ2n) is 6.86. The fourth-order valence-corrected chi connectivity index (χ4v) is 3.40. The summed E-state index contributed by atoms with van der Waals surface area (Å²) in [5.74, 6) is -1.34. The number of aryl methyl sites for hydroxylation is 2. The number of rotatable bonds is 7. The lowest BCUT2D eigenvalue weighted by Crippen LogP contribution is -2.44. The highest BCUT2D eigenvalue weighted by molar-refractivity contribution is 6.30. The Hall–Kier alpha value is -2.86.